The topological polar surface area (TPSA) is 177 Å². The van der Waals surface area contributed by atoms with Gasteiger partial charge in [0.1, 0.15) is 0 Å². The quantitative estimate of drug-likeness (QED) is 0.337. The summed E-state index contributed by atoms with van der Waals surface area (Å²) in [6.45, 7) is 5.61. The molecule has 2 N–H and O–H groups in total. The molecule has 4 bridgehead atoms. The third-order valence-electron chi connectivity index (χ3n) is 17.6. The summed E-state index contributed by atoms with van der Waals surface area (Å²) in [6.07, 6.45) is 10.2. The Morgan fingerprint density at radius 3 is 1.40 bits per heavy atom. The lowest BCUT2D eigenvalue weighted by Gasteiger charge is -2.58. The van der Waals surface area contributed by atoms with Crippen molar-refractivity contribution < 1.29 is 55.5 Å². The van der Waals surface area contributed by atoms with Crippen LogP contribution in [0.3, 0.4) is 0 Å². The largest absolute Gasteiger partial charge is 0.493 e. The van der Waals surface area contributed by atoms with Gasteiger partial charge in [0.2, 0.25) is 11.8 Å². The highest BCUT2D eigenvalue weighted by Crippen LogP contribution is 2.68. The van der Waals surface area contributed by atoms with Crippen LogP contribution in [-0.4, -0.2) is 143 Å². The van der Waals surface area contributed by atoms with Crippen molar-refractivity contribution >= 4 is 33.6 Å². The lowest BCUT2D eigenvalue weighted by molar-refractivity contribution is -0.133. The average molecular weight is 887 g/mol. The minimum atomic E-state index is -4.67. The van der Waals surface area contributed by atoms with Gasteiger partial charge in [0, 0.05) is 60.0 Å². The molecule has 0 unspecified atom stereocenters. The lowest BCUT2D eigenvalue weighted by atomic mass is 9.53. The molecule has 2 aliphatic carbocycles. The first-order valence-electron chi connectivity index (χ1n) is 22.3. The Hall–Kier alpha value is -4.23. The molecule has 0 aromatic heterocycles. The van der Waals surface area contributed by atoms with Crippen LogP contribution >= 0.6 is 0 Å². The number of benzene rings is 2. The van der Waals surface area contributed by atoms with Gasteiger partial charge < -0.3 is 38.2 Å². The summed E-state index contributed by atoms with van der Waals surface area (Å²) in [4.78, 5) is 36.5. The average Bonchev–Trinajstić information content (AvgIpc) is 3.94. The number of hydrogen-bond acceptors (Lipinski definition) is 12. The molecular formula is C46H54N4O12S. The third-order valence-corrected chi connectivity index (χ3v) is 17.6. The van der Waals surface area contributed by atoms with Gasteiger partial charge in [-0.15, -0.1) is 0 Å². The SMILES string of the molecule is COc1cc2c(cc1OC)[C@]13CCN4CC5=CCO[C@@H]6CC(=O)N2[C@@H]1[C@@H]6[C@@H]5C[C@@H]43.COc1cc2c(cc1OC)[C@]13CCN4CC5=CCO[C@@H]6CC(=O)N2[C@@H]1[C@@H]6[C@@H]5C[C@@H]43.O=S(=O)(O)O. The standard InChI is InChI=1S/2C23H26N2O4.H2O4S/c2*1-27-16-8-14-15(9-17(16)28-2)25-20(26)10-18-21-13-7-19-23(14,22(21)25)4-5-24(19)11-12(13)3-6-29-18;1-5(2,3)4/h2*3,8-9,13,18-19,21-22H,4-7,10-11H2,1-2H3;(H2,1,2,3,4)/t2*13-,18-,19-,21-,22-,23+;/m11./s1. The van der Waals surface area contributed by atoms with E-state index in [1.54, 1.807) is 39.6 Å². The second-order valence-electron chi connectivity index (χ2n) is 19.4. The van der Waals surface area contributed by atoms with Crippen molar-refractivity contribution in [1.29, 1.82) is 0 Å². The molecule has 336 valence electrons. The van der Waals surface area contributed by atoms with Crippen molar-refractivity contribution in [1.82, 2.24) is 9.80 Å². The molecule has 63 heavy (non-hydrogen) atoms. The third kappa shape index (κ3) is 5.32. The number of hydrogen-bond donors (Lipinski definition) is 2. The monoisotopic (exact) mass is 886 g/mol. The zero-order chi connectivity index (χ0) is 43.5. The highest BCUT2D eigenvalue weighted by Gasteiger charge is 2.73. The molecule has 14 rings (SSSR count). The number of nitrogens with zero attached hydrogens (tertiary/aromatic N) is 4. The molecule has 8 fully saturated rings. The van der Waals surface area contributed by atoms with E-state index < -0.39 is 10.4 Å². The van der Waals surface area contributed by atoms with Crippen molar-refractivity contribution in [3.63, 3.8) is 0 Å². The molecule has 2 aromatic rings. The van der Waals surface area contributed by atoms with Gasteiger partial charge in [0.15, 0.2) is 23.0 Å². The number of carbonyl (C=O) groups excluding carboxylic acids is 2. The number of methoxy groups -OCH3 is 4. The van der Waals surface area contributed by atoms with E-state index in [0.29, 0.717) is 73.3 Å². The van der Waals surface area contributed by atoms with Crippen molar-refractivity contribution in [2.45, 2.75) is 85.7 Å². The van der Waals surface area contributed by atoms with Crippen LogP contribution in [-0.2, 0) is 40.3 Å². The predicted octanol–water partition coefficient (Wildman–Crippen LogP) is 3.57. The van der Waals surface area contributed by atoms with Gasteiger partial charge in [-0.25, -0.2) is 0 Å². The van der Waals surface area contributed by atoms with E-state index in [-0.39, 0.29) is 46.9 Å². The number of anilines is 2. The van der Waals surface area contributed by atoms with Crippen LogP contribution in [0.1, 0.15) is 49.7 Å². The van der Waals surface area contributed by atoms with Gasteiger partial charge >= 0.3 is 10.4 Å². The fourth-order valence-electron chi connectivity index (χ4n) is 15.7. The van der Waals surface area contributed by atoms with E-state index in [1.165, 1.54) is 24.0 Å². The zero-order valence-corrected chi connectivity index (χ0v) is 36.7. The maximum Gasteiger partial charge on any atom is 0.394 e. The van der Waals surface area contributed by atoms with Gasteiger partial charge in [0.05, 0.1) is 90.2 Å². The molecule has 17 heteroatoms. The van der Waals surface area contributed by atoms with E-state index in [1.807, 2.05) is 12.1 Å². The van der Waals surface area contributed by atoms with Crippen molar-refractivity contribution in [3.8, 4) is 23.0 Å². The fraction of sp³-hybridized carbons (Fsp3) is 0.609. The summed E-state index contributed by atoms with van der Waals surface area (Å²) in [5.41, 5.74) is 7.70. The smallest absolute Gasteiger partial charge is 0.394 e. The molecular weight excluding hydrogens is 833 g/mol. The molecule has 16 nitrogen and oxygen atoms in total. The van der Waals surface area contributed by atoms with E-state index >= 15 is 0 Å². The number of fused-ring (bicyclic) bond motifs is 4. The summed E-state index contributed by atoms with van der Waals surface area (Å²) >= 11 is 0. The van der Waals surface area contributed by atoms with Gasteiger partial charge in [-0.2, -0.15) is 8.42 Å². The highest BCUT2D eigenvalue weighted by atomic mass is 32.3. The Bertz CT molecular complexity index is 2350. The van der Waals surface area contributed by atoms with Crippen molar-refractivity contribution in [2.24, 2.45) is 23.7 Å². The van der Waals surface area contributed by atoms with Gasteiger partial charge in [-0.3, -0.25) is 28.5 Å². The summed E-state index contributed by atoms with van der Waals surface area (Å²) < 4.78 is 66.8. The molecule has 12 aliphatic rings. The Kier molecular flexibility index (Phi) is 8.88. The van der Waals surface area contributed by atoms with Crippen LogP contribution in [0.2, 0.25) is 0 Å². The predicted molar refractivity (Wildman–Crippen MR) is 227 cm³/mol. The van der Waals surface area contributed by atoms with E-state index in [0.717, 1.165) is 61.9 Å². The summed E-state index contributed by atoms with van der Waals surface area (Å²) in [6, 6.07) is 9.74. The highest BCUT2D eigenvalue weighted by molar-refractivity contribution is 7.79. The molecule has 2 saturated carbocycles. The molecule has 6 saturated heterocycles. The maximum atomic E-state index is 13.5. The van der Waals surface area contributed by atoms with Crippen LogP contribution in [0.15, 0.2) is 47.6 Å². The van der Waals surface area contributed by atoms with Crippen LogP contribution in [0.4, 0.5) is 11.4 Å². The first kappa shape index (κ1) is 40.3. The van der Waals surface area contributed by atoms with Gasteiger partial charge in [-0.05, 0) is 73.9 Å². The molecule has 12 atom stereocenters. The Morgan fingerprint density at radius 2 is 1.02 bits per heavy atom. The first-order chi connectivity index (χ1) is 30.3. The number of ether oxygens (including phenoxy) is 6. The minimum absolute atomic E-state index is 0.0242. The van der Waals surface area contributed by atoms with E-state index in [4.69, 9.17) is 45.9 Å². The zero-order valence-electron chi connectivity index (χ0n) is 35.9. The first-order valence-corrected chi connectivity index (χ1v) is 23.7. The Morgan fingerprint density at radius 1 is 0.635 bits per heavy atom. The normalized spacial score (nSPS) is 38.7. The second kappa shape index (κ2) is 13.9. The Labute approximate surface area is 366 Å². The molecule has 10 heterocycles. The van der Waals surface area contributed by atoms with Crippen LogP contribution in [0.5, 0.6) is 23.0 Å². The lowest BCUT2D eigenvalue weighted by Crippen LogP contribution is -2.69. The van der Waals surface area contributed by atoms with E-state index in [2.05, 4.69) is 43.9 Å². The number of piperidine rings is 4. The molecule has 2 amide bonds. The fourth-order valence-corrected chi connectivity index (χ4v) is 15.7. The second-order valence-corrected chi connectivity index (χ2v) is 20.3. The summed E-state index contributed by atoms with van der Waals surface area (Å²) in [7, 11) is 2.05. The Balaban J connectivity index is 0.000000121. The van der Waals surface area contributed by atoms with Crippen LogP contribution in [0.25, 0.3) is 0 Å². The molecule has 10 aliphatic heterocycles. The minimum Gasteiger partial charge on any atom is -0.493 e. The van der Waals surface area contributed by atoms with Crippen molar-refractivity contribution in [3.05, 3.63) is 58.7 Å². The number of rotatable bonds is 4. The summed E-state index contributed by atoms with van der Waals surface area (Å²) in [5, 5.41) is 0. The molecule has 0 radical (unpaired) electrons. The van der Waals surface area contributed by atoms with Gasteiger partial charge in [0.25, 0.3) is 0 Å². The van der Waals surface area contributed by atoms with E-state index in [9.17, 15) is 9.59 Å². The van der Waals surface area contributed by atoms with Crippen LogP contribution < -0.4 is 28.7 Å². The molecule has 2 spiro atoms. The van der Waals surface area contributed by atoms with Crippen molar-refractivity contribution in [2.75, 3.05) is 77.6 Å². The van der Waals surface area contributed by atoms with Crippen LogP contribution in [0, 0.1) is 23.7 Å². The van der Waals surface area contributed by atoms with Gasteiger partial charge in [-0.1, -0.05) is 23.3 Å². The molecule has 2 aromatic carbocycles. The maximum absolute atomic E-state index is 13.5. The number of carbonyl (C=O) groups is 2. The number of amides is 2. The summed E-state index contributed by atoms with van der Waals surface area (Å²) in [5.74, 6) is 5.15.